The molecule has 0 aliphatic heterocycles. The van der Waals surface area contributed by atoms with E-state index in [4.69, 9.17) is 16.1 Å². The number of nitrogens with one attached hydrogen (secondary N) is 1. The van der Waals surface area contributed by atoms with Crippen LogP contribution in [0.4, 0.5) is 5.13 Å². The Labute approximate surface area is 160 Å². The highest BCUT2D eigenvalue weighted by Gasteiger charge is 2.26. The molecule has 1 aromatic carbocycles. The fraction of sp³-hybridized carbons (Fsp3) is 0.333. The van der Waals surface area contributed by atoms with Crippen molar-refractivity contribution in [2.75, 3.05) is 5.32 Å². The molecule has 0 unspecified atom stereocenters. The molecule has 3 aromatic rings. The standard InChI is InChI=1S/C18H19ClN4O2S/c1-5-18(3,4)16-21-22-17(26-16)20-15(24)13-10(2)25-23-14(13)11-8-6-7-9-12(11)19/h6-9H,5H2,1-4H3,(H,20,22,24). The van der Waals surface area contributed by atoms with Crippen molar-refractivity contribution in [1.29, 1.82) is 0 Å². The molecule has 1 N–H and O–H groups in total. The number of aromatic nitrogens is 3. The second-order valence-electron chi connectivity index (χ2n) is 6.55. The molecule has 0 fully saturated rings. The zero-order chi connectivity index (χ0) is 18.9. The van der Waals surface area contributed by atoms with Gasteiger partial charge >= 0.3 is 0 Å². The number of amides is 1. The first-order valence-corrected chi connectivity index (χ1v) is 9.39. The van der Waals surface area contributed by atoms with Gasteiger partial charge in [-0.1, -0.05) is 67.1 Å². The molecule has 136 valence electrons. The number of carbonyl (C=O) groups is 1. The van der Waals surface area contributed by atoms with E-state index in [9.17, 15) is 4.79 Å². The number of rotatable bonds is 5. The Morgan fingerprint density at radius 1 is 1.31 bits per heavy atom. The molecule has 1 amide bonds. The molecule has 2 heterocycles. The van der Waals surface area contributed by atoms with E-state index in [1.54, 1.807) is 19.1 Å². The SMILES string of the molecule is CCC(C)(C)c1nnc(NC(=O)c2c(-c3ccccc3Cl)noc2C)s1. The Balaban J connectivity index is 1.90. The van der Waals surface area contributed by atoms with Gasteiger partial charge in [-0.3, -0.25) is 10.1 Å². The maximum Gasteiger partial charge on any atom is 0.263 e. The molecule has 0 aliphatic carbocycles. The lowest BCUT2D eigenvalue weighted by Crippen LogP contribution is -2.14. The maximum absolute atomic E-state index is 12.8. The molecule has 3 rings (SSSR count). The van der Waals surface area contributed by atoms with Gasteiger partial charge in [0.05, 0.1) is 5.02 Å². The van der Waals surface area contributed by atoms with Crippen LogP contribution >= 0.6 is 22.9 Å². The lowest BCUT2D eigenvalue weighted by Gasteiger charge is -2.17. The van der Waals surface area contributed by atoms with Crippen LogP contribution in [0.1, 0.15) is 48.3 Å². The van der Waals surface area contributed by atoms with Crippen LogP contribution < -0.4 is 5.32 Å². The first-order chi connectivity index (χ1) is 12.3. The van der Waals surface area contributed by atoms with Crippen LogP contribution in [-0.4, -0.2) is 21.3 Å². The predicted molar refractivity (Wildman–Crippen MR) is 103 cm³/mol. The largest absolute Gasteiger partial charge is 0.360 e. The van der Waals surface area contributed by atoms with Crippen LogP contribution in [0, 0.1) is 6.92 Å². The zero-order valence-electron chi connectivity index (χ0n) is 15.0. The van der Waals surface area contributed by atoms with E-state index in [0.29, 0.717) is 32.7 Å². The maximum atomic E-state index is 12.8. The number of aryl methyl sites for hydroxylation is 1. The Hall–Kier alpha value is -2.25. The van der Waals surface area contributed by atoms with Crippen LogP contribution in [0.5, 0.6) is 0 Å². The summed E-state index contributed by atoms with van der Waals surface area (Å²) in [6.07, 6.45) is 0.928. The lowest BCUT2D eigenvalue weighted by molar-refractivity contribution is 0.102. The third kappa shape index (κ3) is 3.50. The molecular formula is C18H19ClN4O2S. The first-order valence-electron chi connectivity index (χ1n) is 8.20. The lowest BCUT2D eigenvalue weighted by atomic mass is 9.91. The summed E-state index contributed by atoms with van der Waals surface area (Å²) in [6, 6.07) is 7.18. The van der Waals surface area contributed by atoms with E-state index in [-0.39, 0.29) is 11.3 Å². The van der Waals surface area contributed by atoms with E-state index < -0.39 is 0 Å². The van der Waals surface area contributed by atoms with E-state index in [1.165, 1.54) is 11.3 Å². The summed E-state index contributed by atoms with van der Waals surface area (Å²) in [7, 11) is 0. The van der Waals surface area contributed by atoms with Gasteiger partial charge in [0.25, 0.3) is 5.91 Å². The Bertz CT molecular complexity index is 948. The summed E-state index contributed by atoms with van der Waals surface area (Å²) >= 11 is 7.61. The van der Waals surface area contributed by atoms with Gasteiger partial charge in [-0.05, 0) is 19.4 Å². The second kappa shape index (κ2) is 7.17. The highest BCUT2D eigenvalue weighted by molar-refractivity contribution is 7.15. The highest BCUT2D eigenvalue weighted by atomic mass is 35.5. The molecule has 2 aromatic heterocycles. The van der Waals surface area contributed by atoms with Crippen LogP contribution in [0.25, 0.3) is 11.3 Å². The van der Waals surface area contributed by atoms with Crippen molar-refractivity contribution in [2.24, 2.45) is 0 Å². The summed E-state index contributed by atoms with van der Waals surface area (Å²) in [5.41, 5.74) is 1.30. The number of nitrogens with zero attached hydrogens (tertiary/aromatic N) is 3. The summed E-state index contributed by atoms with van der Waals surface area (Å²) in [4.78, 5) is 12.8. The summed E-state index contributed by atoms with van der Waals surface area (Å²) in [6.45, 7) is 7.97. The number of hydrogen-bond acceptors (Lipinski definition) is 6. The van der Waals surface area contributed by atoms with Gasteiger partial charge in [0.1, 0.15) is 22.0 Å². The zero-order valence-corrected chi connectivity index (χ0v) is 16.5. The van der Waals surface area contributed by atoms with Crippen molar-refractivity contribution in [1.82, 2.24) is 15.4 Å². The third-order valence-corrected chi connectivity index (χ3v) is 5.86. The van der Waals surface area contributed by atoms with Gasteiger partial charge in [-0.2, -0.15) is 0 Å². The molecule has 0 saturated carbocycles. The van der Waals surface area contributed by atoms with Gasteiger partial charge in [0, 0.05) is 11.0 Å². The van der Waals surface area contributed by atoms with Gasteiger partial charge < -0.3 is 4.52 Å². The van der Waals surface area contributed by atoms with Crippen molar-refractivity contribution in [2.45, 2.75) is 39.5 Å². The topological polar surface area (TPSA) is 80.9 Å². The molecule has 0 saturated heterocycles. The average molecular weight is 391 g/mol. The smallest absolute Gasteiger partial charge is 0.263 e. The average Bonchev–Trinajstić information content (AvgIpc) is 3.22. The number of benzene rings is 1. The Morgan fingerprint density at radius 3 is 2.73 bits per heavy atom. The van der Waals surface area contributed by atoms with Crippen molar-refractivity contribution in [3.8, 4) is 11.3 Å². The van der Waals surface area contributed by atoms with E-state index in [2.05, 4.69) is 41.4 Å². The fourth-order valence-corrected chi connectivity index (χ4v) is 3.47. The van der Waals surface area contributed by atoms with Crippen molar-refractivity contribution >= 4 is 34.0 Å². The summed E-state index contributed by atoms with van der Waals surface area (Å²) in [5, 5.41) is 16.9. The Kier molecular flexibility index (Phi) is 5.11. The number of hydrogen-bond donors (Lipinski definition) is 1. The third-order valence-electron chi connectivity index (χ3n) is 4.33. The van der Waals surface area contributed by atoms with E-state index in [0.717, 1.165) is 11.4 Å². The van der Waals surface area contributed by atoms with Gasteiger partial charge in [0.15, 0.2) is 0 Å². The number of halogens is 1. The fourth-order valence-electron chi connectivity index (χ4n) is 2.33. The molecule has 0 radical (unpaired) electrons. The van der Waals surface area contributed by atoms with Crippen LogP contribution in [0.3, 0.4) is 0 Å². The van der Waals surface area contributed by atoms with E-state index >= 15 is 0 Å². The van der Waals surface area contributed by atoms with Gasteiger partial charge in [0.2, 0.25) is 5.13 Å². The molecule has 0 bridgehead atoms. The minimum absolute atomic E-state index is 0.0868. The Morgan fingerprint density at radius 2 is 2.04 bits per heavy atom. The normalized spacial score (nSPS) is 11.6. The van der Waals surface area contributed by atoms with Crippen LogP contribution in [0.15, 0.2) is 28.8 Å². The van der Waals surface area contributed by atoms with Crippen molar-refractivity contribution in [3.63, 3.8) is 0 Å². The number of carbonyl (C=O) groups excluding carboxylic acids is 1. The minimum atomic E-state index is -0.351. The minimum Gasteiger partial charge on any atom is -0.360 e. The highest BCUT2D eigenvalue weighted by Crippen LogP contribution is 2.33. The molecule has 0 atom stereocenters. The van der Waals surface area contributed by atoms with Crippen LogP contribution in [-0.2, 0) is 5.41 Å². The monoisotopic (exact) mass is 390 g/mol. The molecule has 26 heavy (non-hydrogen) atoms. The number of anilines is 1. The predicted octanol–water partition coefficient (Wildman–Crippen LogP) is 5.09. The quantitative estimate of drug-likeness (QED) is 0.655. The summed E-state index contributed by atoms with van der Waals surface area (Å²) < 4.78 is 5.24. The molecule has 8 heteroatoms. The first kappa shape index (κ1) is 18.5. The van der Waals surface area contributed by atoms with Crippen molar-refractivity contribution in [3.05, 3.63) is 45.6 Å². The summed E-state index contributed by atoms with van der Waals surface area (Å²) in [5.74, 6) is 0.0618. The molecule has 0 spiro atoms. The molecular weight excluding hydrogens is 372 g/mol. The second-order valence-corrected chi connectivity index (χ2v) is 7.93. The molecule has 0 aliphatic rings. The van der Waals surface area contributed by atoms with Crippen molar-refractivity contribution < 1.29 is 9.32 Å². The van der Waals surface area contributed by atoms with Gasteiger partial charge in [-0.15, -0.1) is 10.2 Å². The van der Waals surface area contributed by atoms with Crippen LogP contribution in [0.2, 0.25) is 5.02 Å². The molecule has 6 nitrogen and oxygen atoms in total. The van der Waals surface area contributed by atoms with E-state index in [1.807, 2.05) is 12.1 Å². The van der Waals surface area contributed by atoms with Gasteiger partial charge in [-0.25, -0.2) is 0 Å².